The van der Waals surface area contributed by atoms with E-state index < -0.39 is 0 Å². The van der Waals surface area contributed by atoms with Gasteiger partial charge < -0.3 is 11.1 Å². The minimum Gasteiger partial charge on any atom is -0.395 e. The zero-order valence-electron chi connectivity index (χ0n) is 9.20. The average Bonchev–Trinajstić information content (AvgIpc) is 2.79. The van der Waals surface area contributed by atoms with E-state index in [1.807, 2.05) is 0 Å². The molecule has 0 aliphatic carbocycles. The van der Waals surface area contributed by atoms with E-state index in [2.05, 4.69) is 57.6 Å². The highest BCUT2D eigenvalue weighted by Gasteiger charge is 2.01. The van der Waals surface area contributed by atoms with E-state index in [-0.39, 0.29) is 22.9 Å². The Morgan fingerprint density at radius 2 is 1.83 bits per heavy atom. The van der Waals surface area contributed by atoms with Gasteiger partial charge in [-0.2, -0.15) is 10.2 Å². The van der Waals surface area contributed by atoms with Crippen molar-refractivity contribution in [3.63, 3.8) is 0 Å². The topological polar surface area (TPSA) is 112 Å². The molecule has 0 saturated heterocycles. The molecule has 7 nitrogen and oxygen atoms in total. The molecule has 0 unspecified atom stereocenters. The molecule has 0 bridgehead atoms. The summed E-state index contributed by atoms with van der Waals surface area (Å²) >= 11 is 6.28. The Balaban J connectivity index is 0.000000321. The van der Waals surface area contributed by atoms with Crippen LogP contribution in [0, 0.1) is 0 Å². The second kappa shape index (κ2) is 8.27. The van der Waals surface area contributed by atoms with Gasteiger partial charge in [-0.25, -0.2) is 0 Å². The van der Waals surface area contributed by atoms with Crippen LogP contribution in [0.4, 0.5) is 11.4 Å². The number of aromatic nitrogens is 4. The van der Waals surface area contributed by atoms with Crippen molar-refractivity contribution in [1.82, 2.24) is 20.4 Å². The number of amides is 1. The number of carbonyl (C=O) groups is 1. The van der Waals surface area contributed by atoms with E-state index in [1.54, 1.807) is 6.20 Å². The van der Waals surface area contributed by atoms with Crippen LogP contribution in [0.25, 0.3) is 0 Å². The van der Waals surface area contributed by atoms with Crippen LogP contribution in [-0.2, 0) is 4.79 Å². The molecule has 10 heteroatoms. The number of hydrogen-bond donors (Lipinski definition) is 4. The van der Waals surface area contributed by atoms with E-state index in [0.717, 1.165) is 4.60 Å². The number of carbonyl (C=O) groups excluding carboxylic acids is 1. The molecule has 1 amide bonds. The fraction of sp³-hybridized carbons (Fsp3) is 0.125. The molecule has 2 aromatic rings. The number of nitrogens with zero attached hydrogens (tertiary/aromatic N) is 2. The number of aromatic amines is 2. The normalized spacial score (nSPS) is 8.83. The molecule has 0 aliphatic heterocycles. The first-order valence-electron chi connectivity index (χ1n) is 4.41. The summed E-state index contributed by atoms with van der Waals surface area (Å²) in [7, 11) is 0. The highest BCUT2D eigenvalue weighted by atomic mass is 79.9. The number of anilines is 2. The summed E-state index contributed by atoms with van der Waals surface area (Å²) in [6, 6.07) is 0. The first-order valence-corrected chi connectivity index (χ1v) is 6.00. The monoisotopic (exact) mass is 444 g/mol. The Labute approximate surface area is 130 Å². The van der Waals surface area contributed by atoms with Gasteiger partial charge in [-0.1, -0.05) is 0 Å². The van der Waals surface area contributed by atoms with Gasteiger partial charge in [0.25, 0.3) is 0 Å². The lowest BCUT2D eigenvalue weighted by atomic mass is 10.5. The van der Waals surface area contributed by atoms with Gasteiger partial charge in [-0.15, -0.1) is 17.0 Å². The second-order valence-electron chi connectivity index (χ2n) is 2.92. The van der Waals surface area contributed by atoms with Crippen LogP contribution in [0.5, 0.6) is 0 Å². The Bertz CT molecular complexity index is 480. The lowest BCUT2D eigenvalue weighted by Gasteiger charge is -1.94. The average molecular weight is 447 g/mol. The summed E-state index contributed by atoms with van der Waals surface area (Å²) < 4.78 is 1.43. The van der Waals surface area contributed by atoms with Crippen LogP contribution in [0.3, 0.4) is 0 Å². The van der Waals surface area contributed by atoms with Crippen LogP contribution >= 0.6 is 48.8 Å². The number of halogens is 3. The van der Waals surface area contributed by atoms with Gasteiger partial charge in [0.1, 0.15) is 9.21 Å². The molecule has 18 heavy (non-hydrogen) atoms. The third-order valence-corrected chi connectivity index (χ3v) is 2.76. The van der Waals surface area contributed by atoms with Gasteiger partial charge in [-0.3, -0.25) is 15.0 Å². The molecule has 0 aliphatic rings. The van der Waals surface area contributed by atoms with Crippen molar-refractivity contribution in [2.24, 2.45) is 0 Å². The minimum absolute atomic E-state index is 0. The van der Waals surface area contributed by atoms with Crippen LogP contribution in [0.2, 0.25) is 0 Å². The van der Waals surface area contributed by atoms with Crippen molar-refractivity contribution in [2.45, 2.75) is 6.92 Å². The molecule has 0 radical (unpaired) electrons. The molecule has 2 aromatic heterocycles. The standard InChI is InChI=1S/C5H6BrN3O.C3H4BrN3.BrH/c1-3(10)8-4-2-7-9-5(4)6;4-3-2(5)1-6-7-3;/h2H,1H3,(H,7,9)(H,8,10);1H,5H2,(H,6,7);1H. The Morgan fingerprint density at radius 1 is 1.28 bits per heavy atom. The highest BCUT2D eigenvalue weighted by Crippen LogP contribution is 2.17. The number of nitrogens with one attached hydrogen (secondary N) is 3. The number of nitrogen functional groups attached to an aromatic ring is 1. The second-order valence-corrected chi connectivity index (χ2v) is 4.50. The number of rotatable bonds is 1. The quantitative estimate of drug-likeness (QED) is 0.539. The van der Waals surface area contributed by atoms with Crippen molar-refractivity contribution in [2.75, 3.05) is 11.1 Å². The fourth-order valence-corrected chi connectivity index (χ4v) is 1.34. The Morgan fingerprint density at radius 3 is 2.11 bits per heavy atom. The van der Waals surface area contributed by atoms with Gasteiger partial charge >= 0.3 is 0 Å². The fourth-order valence-electron chi connectivity index (χ4n) is 0.827. The maximum absolute atomic E-state index is 10.5. The van der Waals surface area contributed by atoms with Gasteiger partial charge in [0.05, 0.1) is 23.8 Å². The molecule has 5 N–H and O–H groups in total. The summed E-state index contributed by atoms with van der Waals surface area (Å²) in [6.07, 6.45) is 3.08. The van der Waals surface area contributed by atoms with E-state index in [4.69, 9.17) is 5.73 Å². The van der Waals surface area contributed by atoms with Gasteiger partial charge in [0.15, 0.2) is 0 Å². The third-order valence-electron chi connectivity index (χ3n) is 1.52. The van der Waals surface area contributed by atoms with Crippen molar-refractivity contribution in [1.29, 1.82) is 0 Å². The van der Waals surface area contributed by atoms with Crippen molar-refractivity contribution in [3.8, 4) is 0 Å². The van der Waals surface area contributed by atoms with Crippen molar-refractivity contribution >= 4 is 66.1 Å². The molecule has 0 spiro atoms. The summed E-state index contributed by atoms with van der Waals surface area (Å²) in [5.74, 6) is -0.109. The van der Waals surface area contributed by atoms with Gasteiger partial charge in [0.2, 0.25) is 5.91 Å². The lowest BCUT2D eigenvalue weighted by Crippen LogP contribution is -2.04. The smallest absolute Gasteiger partial charge is 0.221 e. The predicted octanol–water partition coefficient (Wildman–Crippen LogP) is 2.46. The van der Waals surface area contributed by atoms with Gasteiger partial charge in [-0.05, 0) is 31.9 Å². The zero-order chi connectivity index (χ0) is 12.8. The lowest BCUT2D eigenvalue weighted by molar-refractivity contribution is -0.114. The molecule has 0 atom stereocenters. The minimum atomic E-state index is -0.109. The van der Waals surface area contributed by atoms with E-state index >= 15 is 0 Å². The summed E-state index contributed by atoms with van der Waals surface area (Å²) in [5.41, 5.74) is 6.60. The summed E-state index contributed by atoms with van der Waals surface area (Å²) in [5, 5.41) is 15.1. The molecule has 0 saturated carbocycles. The Kier molecular flexibility index (Phi) is 7.87. The molecule has 0 aromatic carbocycles. The zero-order valence-corrected chi connectivity index (χ0v) is 14.1. The largest absolute Gasteiger partial charge is 0.395 e. The maximum Gasteiger partial charge on any atom is 0.221 e. The van der Waals surface area contributed by atoms with Crippen LogP contribution in [0.1, 0.15) is 6.92 Å². The van der Waals surface area contributed by atoms with E-state index in [9.17, 15) is 4.79 Å². The number of hydrogen-bond acceptors (Lipinski definition) is 4. The van der Waals surface area contributed by atoms with Crippen molar-refractivity contribution < 1.29 is 4.79 Å². The van der Waals surface area contributed by atoms with Crippen LogP contribution in [0.15, 0.2) is 21.6 Å². The number of nitrogens with two attached hydrogens (primary N) is 1. The third kappa shape index (κ3) is 5.65. The highest BCUT2D eigenvalue weighted by molar-refractivity contribution is 9.10. The molecule has 0 fully saturated rings. The van der Waals surface area contributed by atoms with Crippen LogP contribution < -0.4 is 11.1 Å². The van der Waals surface area contributed by atoms with Crippen LogP contribution in [-0.4, -0.2) is 26.3 Å². The summed E-state index contributed by atoms with van der Waals surface area (Å²) in [4.78, 5) is 10.5. The number of H-pyrrole nitrogens is 2. The maximum atomic E-state index is 10.5. The Hall–Kier alpha value is -0.870. The molecular formula is C8H11Br3N6O. The summed E-state index contributed by atoms with van der Waals surface area (Å²) in [6.45, 7) is 1.44. The first-order chi connectivity index (χ1) is 8.00. The SMILES string of the molecule is Br.CC(=O)Nc1cn[nH]c1Br.Nc1cn[nH]c1Br. The van der Waals surface area contributed by atoms with E-state index in [0.29, 0.717) is 16.0 Å². The first kappa shape index (κ1) is 17.1. The predicted molar refractivity (Wildman–Crippen MR) is 81.6 cm³/mol. The van der Waals surface area contributed by atoms with E-state index in [1.165, 1.54) is 13.1 Å². The van der Waals surface area contributed by atoms with Gasteiger partial charge in [0, 0.05) is 6.92 Å². The molecular weight excluding hydrogens is 436 g/mol. The molecule has 100 valence electrons. The molecule has 2 rings (SSSR count). The molecule has 2 heterocycles. The van der Waals surface area contributed by atoms with Crippen molar-refractivity contribution in [3.05, 3.63) is 21.6 Å².